The first-order valence-electron chi connectivity index (χ1n) is 9.88. The van der Waals surface area contributed by atoms with E-state index in [0.29, 0.717) is 16.3 Å². The molecule has 0 unspecified atom stereocenters. The minimum absolute atomic E-state index is 0.180. The van der Waals surface area contributed by atoms with Gasteiger partial charge in [-0.2, -0.15) is 0 Å². The summed E-state index contributed by atoms with van der Waals surface area (Å²) in [6.07, 6.45) is 9.88. The van der Waals surface area contributed by atoms with E-state index in [2.05, 4.69) is 15.6 Å². The molecule has 0 atom stereocenters. The second-order valence-corrected chi connectivity index (χ2v) is 9.16. The van der Waals surface area contributed by atoms with Gasteiger partial charge in [-0.15, -0.1) is 0 Å². The van der Waals surface area contributed by atoms with Crippen LogP contribution >= 0.6 is 11.6 Å². The fourth-order valence-corrected chi connectivity index (χ4v) is 6.10. The van der Waals surface area contributed by atoms with Crippen molar-refractivity contribution < 1.29 is 4.79 Å². The lowest BCUT2D eigenvalue weighted by Gasteiger charge is -2.57. The van der Waals surface area contributed by atoms with Crippen LogP contribution in [-0.2, 0) is 0 Å². The third-order valence-corrected chi connectivity index (χ3v) is 6.77. The zero-order valence-electron chi connectivity index (χ0n) is 15.2. The second kappa shape index (κ2) is 6.52. The van der Waals surface area contributed by atoms with Crippen LogP contribution in [0.2, 0.25) is 5.02 Å². The molecule has 0 spiro atoms. The number of hydrogen-bond acceptors (Lipinski definition) is 3. The Labute approximate surface area is 164 Å². The molecule has 0 aliphatic heterocycles. The van der Waals surface area contributed by atoms with Crippen molar-refractivity contribution in [1.29, 1.82) is 0 Å². The Balaban J connectivity index is 1.26. The standard InChI is InChI=1S/C22H24ClN3O/c23-18-3-1-2-17(9-18)21(27)25-19-4-5-20(24-13-19)26-22-10-14-6-15(11-22)8-16(7-14)12-22/h1-5,9,13-16H,6-8,10-12H2,(H,24,26)(H,25,27). The number of hydrogen-bond donors (Lipinski definition) is 2. The molecule has 4 bridgehead atoms. The minimum atomic E-state index is -0.180. The van der Waals surface area contributed by atoms with Crippen molar-refractivity contribution >= 4 is 29.0 Å². The fraction of sp³-hybridized carbons (Fsp3) is 0.455. The molecule has 4 aliphatic carbocycles. The van der Waals surface area contributed by atoms with Gasteiger partial charge in [0.2, 0.25) is 0 Å². The summed E-state index contributed by atoms with van der Waals surface area (Å²) in [6.45, 7) is 0. The van der Waals surface area contributed by atoms with Crippen LogP contribution in [-0.4, -0.2) is 16.4 Å². The Bertz CT molecular complexity index is 829. The number of aromatic nitrogens is 1. The first kappa shape index (κ1) is 17.1. The largest absolute Gasteiger partial charge is 0.365 e. The number of carbonyl (C=O) groups excluding carboxylic acids is 1. The van der Waals surface area contributed by atoms with Gasteiger partial charge >= 0.3 is 0 Å². The summed E-state index contributed by atoms with van der Waals surface area (Å²) in [6, 6.07) is 10.8. The summed E-state index contributed by atoms with van der Waals surface area (Å²) in [5, 5.41) is 7.20. The zero-order chi connectivity index (χ0) is 18.4. The molecule has 4 aliphatic rings. The van der Waals surface area contributed by atoms with Crippen molar-refractivity contribution in [3.8, 4) is 0 Å². The van der Waals surface area contributed by atoms with Crippen molar-refractivity contribution in [3.63, 3.8) is 0 Å². The van der Waals surface area contributed by atoms with E-state index < -0.39 is 0 Å². The summed E-state index contributed by atoms with van der Waals surface area (Å²) >= 11 is 5.96. The smallest absolute Gasteiger partial charge is 0.255 e. The highest BCUT2D eigenvalue weighted by molar-refractivity contribution is 6.31. The summed E-state index contributed by atoms with van der Waals surface area (Å²) in [7, 11) is 0. The van der Waals surface area contributed by atoms with Crippen molar-refractivity contribution in [2.75, 3.05) is 10.6 Å². The van der Waals surface area contributed by atoms with Crippen LogP contribution in [0, 0.1) is 17.8 Å². The normalized spacial score (nSPS) is 30.9. The molecule has 2 aromatic rings. The molecule has 1 amide bonds. The molecule has 0 radical (unpaired) electrons. The molecule has 4 fully saturated rings. The molecule has 2 N–H and O–H groups in total. The quantitative estimate of drug-likeness (QED) is 0.748. The lowest BCUT2D eigenvalue weighted by atomic mass is 9.53. The molecule has 6 rings (SSSR count). The summed E-state index contributed by atoms with van der Waals surface area (Å²) in [4.78, 5) is 16.9. The highest BCUT2D eigenvalue weighted by Crippen LogP contribution is 2.56. The number of benzene rings is 1. The van der Waals surface area contributed by atoms with Gasteiger partial charge < -0.3 is 10.6 Å². The van der Waals surface area contributed by atoms with Gasteiger partial charge in [0.25, 0.3) is 5.91 Å². The minimum Gasteiger partial charge on any atom is -0.365 e. The lowest BCUT2D eigenvalue weighted by molar-refractivity contribution is 0.0105. The van der Waals surface area contributed by atoms with Crippen LogP contribution in [0.1, 0.15) is 48.9 Å². The zero-order valence-corrected chi connectivity index (χ0v) is 16.0. The van der Waals surface area contributed by atoms with Crippen LogP contribution in [0.25, 0.3) is 0 Å². The first-order chi connectivity index (χ1) is 13.1. The highest BCUT2D eigenvalue weighted by atomic mass is 35.5. The molecular weight excluding hydrogens is 358 g/mol. The maximum Gasteiger partial charge on any atom is 0.255 e. The van der Waals surface area contributed by atoms with Gasteiger partial charge in [0, 0.05) is 16.1 Å². The second-order valence-electron chi connectivity index (χ2n) is 8.72. The molecule has 4 saturated carbocycles. The number of amides is 1. The number of carbonyl (C=O) groups is 1. The van der Waals surface area contributed by atoms with E-state index in [4.69, 9.17) is 11.6 Å². The lowest BCUT2D eigenvalue weighted by Crippen LogP contribution is -2.54. The predicted molar refractivity (Wildman–Crippen MR) is 108 cm³/mol. The maximum atomic E-state index is 12.3. The van der Waals surface area contributed by atoms with E-state index in [-0.39, 0.29) is 11.4 Å². The average molecular weight is 382 g/mol. The van der Waals surface area contributed by atoms with Crippen LogP contribution in [0.5, 0.6) is 0 Å². The number of pyridine rings is 1. The molecule has 27 heavy (non-hydrogen) atoms. The molecule has 140 valence electrons. The number of halogens is 1. The monoisotopic (exact) mass is 381 g/mol. The Kier molecular flexibility index (Phi) is 4.12. The van der Waals surface area contributed by atoms with Gasteiger partial charge in [-0.25, -0.2) is 4.98 Å². The Morgan fingerprint density at radius 3 is 2.33 bits per heavy atom. The number of nitrogens with one attached hydrogen (secondary N) is 2. The molecule has 0 saturated heterocycles. The van der Waals surface area contributed by atoms with Gasteiger partial charge in [0.1, 0.15) is 5.82 Å². The predicted octanol–water partition coefficient (Wildman–Crippen LogP) is 5.37. The first-order valence-corrected chi connectivity index (χ1v) is 10.3. The third-order valence-electron chi connectivity index (χ3n) is 6.54. The van der Waals surface area contributed by atoms with E-state index in [1.165, 1.54) is 38.5 Å². The van der Waals surface area contributed by atoms with Crippen LogP contribution in [0.15, 0.2) is 42.6 Å². The van der Waals surface area contributed by atoms with Crippen LogP contribution in [0.4, 0.5) is 11.5 Å². The molecule has 5 heteroatoms. The summed E-state index contributed by atoms with van der Waals surface area (Å²) in [5.74, 6) is 3.44. The molecular formula is C22H24ClN3O. The number of nitrogens with zero attached hydrogens (tertiary/aromatic N) is 1. The van der Waals surface area contributed by atoms with E-state index in [0.717, 1.165) is 23.6 Å². The molecule has 1 aromatic heterocycles. The average Bonchev–Trinajstić information content (AvgIpc) is 2.62. The van der Waals surface area contributed by atoms with Gasteiger partial charge in [-0.3, -0.25) is 4.79 Å². The molecule has 1 aromatic carbocycles. The SMILES string of the molecule is O=C(Nc1ccc(NC23CC4CC(CC(C4)C2)C3)nc1)c1cccc(Cl)c1. The molecule has 1 heterocycles. The summed E-state index contributed by atoms with van der Waals surface area (Å²) in [5.41, 5.74) is 1.47. The number of rotatable bonds is 4. The van der Waals surface area contributed by atoms with Gasteiger partial charge in [-0.05, 0) is 86.6 Å². The van der Waals surface area contributed by atoms with E-state index in [1.807, 2.05) is 12.1 Å². The van der Waals surface area contributed by atoms with Crippen molar-refractivity contribution in [3.05, 3.63) is 53.2 Å². The van der Waals surface area contributed by atoms with Crippen molar-refractivity contribution in [2.24, 2.45) is 17.8 Å². The number of anilines is 2. The Hall–Kier alpha value is -2.07. The van der Waals surface area contributed by atoms with Gasteiger partial charge in [0.05, 0.1) is 11.9 Å². The van der Waals surface area contributed by atoms with Crippen molar-refractivity contribution in [1.82, 2.24) is 4.98 Å². The maximum absolute atomic E-state index is 12.3. The van der Waals surface area contributed by atoms with Crippen LogP contribution in [0.3, 0.4) is 0 Å². The Morgan fingerprint density at radius 1 is 1.04 bits per heavy atom. The van der Waals surface area contributed by atoms with Gasteiger partial charge in [0.15, 0.2) is 0 Å². The molecule has 4 nitrogen and oxygen atoms in total. The van der Waals surface area contributed by atoms with Gasteiger partial charge in [-0.1, -0.05) is 17.7 Å². The highest BCUT2D eigenvalue weighted by Gasteiger charge is 2.51. The van der Waals surface area contributed by atoms with E-state index in [1.54, 1.807) is 30.5 Å². The van der Waals surface area contributed by atoms with Crippen LogP contribution < -0.4 is 10.6 Å². The topological polar surface area (TPSA) is 54.0 Å². The van der Waals surface area contributed by atoms with E-state index >= 15 is 0 Å². The Morgan fingerprint density at radius 2 is 1.74 bits per heavy atom. The fourth-order valence-electron chi connectivity index (χ4n) is 5.91. The summed E-state index contributed by atoms with van der Waals surface area (Å²) < 4.78 is 0. The van der Waals surface area contributed by atoms with Crippen molar-refractivity contribution in [2.45, 2.75) is 44.1 Å². The van der Waals surface area contributed by atoms with E-state index in [9.17, 15) is 4.79 Å². The third kappa shape index (κ3) is 3.43.